The molecular formula is C14H19N5O3S. The molecule has 124 valence electrons. The van der Waals surface area contributed by atoms with Gasteiger partial charge in [-0.2, -0.15) is 9.40 Å². The lowest BCUT2D eigenvalue weighted by Gasteiger charge is -2.26. The molecular weight excluding hydrogens is 318 g/mol. The average molecular weight is 337 g/mol. The maximum atomic E-state index is 12.5. The molecule has 1 aliphatic heterocycles. The largest absolute Gasteiger partial charge is 0.486 e. The summed E-state index contributed by atoms with van der Waals surface area (Å²) in [6.45, 7) is 2.62. The first-order valence-corrected chi connectivity index (χ1v) is 8.78. The maximum Gasteiger partial charge on any atom is 0.243 e. The van der Waals surface area contributed by atoms with Crippen molar-refractivity contribution in [2.75, 3.05) is 26.2 Å². The van der Waals surface area contributed by atoms with Crippen molar-refractivity contribution < 1.29 is 13.2 Å². The molecule has 0 radical (unpaired) electrons. The van der Waals surface area contributed by atoms with Gasteiger partial charge >= 0.3 is 0 Å². The van der Waals surface area contributed by atoms with Crippen molar-refractivity contribution in [2.24, 2.45) is 7.05 Å². The lowest BCUT2D eigenvalue weighted by Crippen LogP contribution is -2.46. The van der Waals surface area contributed by atoms with Crippen molar-refractivity contribution in [2.45, 2.75) is 11.5 Å². The van der Waals surface area contributed by atoms with Gasteiger partial charge in [0.1, 0.15) is 18.7 Å². The van der Waals surface area contributed by atoms with Crippen molar-refractivity contribution >= 4 is 10.0 Å². The van der Waals surface area contributed by atoms with Gasteiger partial charge in [-0.3, -0.25) is 4.68 Å². The average Bonchev–Trinajstić information content (AvgIpc) is 2.99. The quantitative estimate of drug-likeness (QED) is 0.825. The Morgan fingerprint density at radius 2 is 1.91 bits per heavy atom. The van der Waals surface area contributed by atoms with Gasteiger partial charge in [0, 0.05) is 33.2 Å². The second-order valence-electron chi connectivity index (χ2n) is 5.21. The fourth-order valence-electron chi connectivity index (χ4n) is 2.34. The van der Waals surface area contributed by atoms with Crippen molar-refractivity contribution in [1.29, 1.82) is 0 Å². The smallest absolute Gasteiger partial charge is 0.243 e. The van der Waals surface area contributed by atoms with Crippen LogP contribution in [0.15, 0.2) is 35.5 Å². The van der Waals surface area contributed by atoms with Gasteiger partial charge in [-0.05, 0) is 24.3 Å². The molecule has 1 N–H and O–H groups in total. The van der Waals surface area contributed by atoms with Crippen LogP contribution in [-0.2, 0) is 23.7 Å². The van der Waals surface area contributed by atoms with E-state index in [1.165, 1.54) is 10.6 Å². The molecule has 0 amide bonds. The number of nitrogens with one attached hydrogen (secondary N) is 1. The molecule has 2 aromatic rings. The van der Waals surface area contributed by atoms with Crippen LogP contribution in [0, 0.1) is 0 Å². The van der Waals surface area contributed by atoms with E-state index in [1.54, 1.807) is 36.0 Å². The van der Waals surface area contributed by atoms with Crippen LogP contribution in [-0.4, -0.2) is 53.7 Å². The summed E-state index contributed by atoms with van der Waals surface area (Å²) in [5.74, 6) is 1.29. The summed E-state index contributed by atoms with van der Waals surface area (Å²) < 4.78 is 33.8. The number of benzene rings is 1. The Balaban J connectivity index is 1.68. The predicted octanol–water partition coefficient (Wildman–Crippen LogP) is -0.0120. The van der Waals surface area contributed by atoms with Gasteiger partial charge in [-0.25, -0.2) is 13.4 Å². The molecule has 23 heavy (non-hydrogen) atoms. The first-order valence-electron chi connectivity index (χ1n) is 7.34. The molecule has 0 spiro atoms. The number of ether oxygens (including phenoxy) is 1. The van der Waals surface area contributed by atoms with Gasteiger partial charge in [-0.1, -0.05) is 0 Å². The molecule has 9 heteroatoms. The summed E-state index contributed by atoms with van der Waals surface area (Å²) in [6, 6.07) is 6.46. The zero-order chi connectivity index (χ0) is 16.3. The summed E-state index contributed by atoms with van der Waals surface area (Å²) in [7, 11) is -1.65. The Hall–Kier alpha value is -1.97. The number of aryl methyl sites for hydroxylation is 1. The summed E-state index contributed by atoms with van der Waals surface area (Å²) in [5.41, 5.74) is 0. The van der Waals surface area contributed by atoms with Crippen LogP contribution in [0.4, 0.5) is 0 Å². The molecule has 1 aromatic heterocycles. The SMILES string of the molecule is Cn1ncnc1COc1ccc(S(=O)(=O)N2CCNCC2)cc1. The zero-order valence-corrected chi connectivity index (χ0v) is 13.7. The lowest BCUT2D eigenvalue weighted by atomic mass is 10.3. The summed E-state index contributed by atoms with van der Waals surface area (Å²) in [5, 5.41) is 7.11. The van der Waals surface area contributed by atoms with Crippen molar-refractivity contribution in [3.05, 3.63) is 36.4 Å². The van der Waals surface area contributed by atoms with Crippen LogP contribution in [0.5, 0.6) is 5.75 Å². The number of nitrogens with zero attached hydrogens (tertiary/aromatic N) is 4. The summed E-state index contributed by atoms with van der Waals surface area (Å²) in [4.78, 5) is 4.35. The minimum absolute atomic E-state index is 0.278. The van der Waals surface area contributed by atoms with Gasteiger partial charge in [0.15, 0.2) is 5.82 Å². The Morgan fingerprint density at radius 1 is 1.22 bits per heavy atom. The summed E-state index contributed by atoms with van der Waals surface area (Å²) in [6.07, 6.45) is 1.46. The fraction of sp³-hybridized carbons (Fsp3) is 0.429. The van der Waals surface area contributed by atoms with Gasteiger partial charge in [0.05, 0.1) is 4.90 Å². The van der Waals surface area contributed by atoms with E-state index in [0.717, 1.165) is 0 Å². The molecule has 1 aliphatic rings. The minimum Gasteiger partial charge on any atom is -0.486 e. The van der Waals surface area contributed by atoms with Crippen LogP contribution < -0.4 is 10.1 Å². The molecule has 1 fully saturated rings. The van der Waals surface area contributed by atoms with E-state index < -0.39 is 10.0 Å². The molecule has 0 unspecified atom stereocenters. The molecule has 2 heterocycles. The monoisotopic (exact) mass is 337 g/mol. The standard InChI is InChI=1S/C14H19N5O3S/c1-18-14(16-11-17-18)10-22-12-2-4-13(5-3-12)23(20,21)19-8-6-15-7-9-19/h2-5,11,15H,6-10H2,1H3. The highest BCUT2D eigenvalue weighted by Crippen LogP contribution is 2.20. The normalized spacial score (nSPS) is 16.4. The highest BCUT2D eigenvalue weighted by molar-refractivity contribution is 7.89. The third kappa shape index (κ3) is 3.52. The van der Waals surface area contributed by atoms with Gasteiger partial charge in [0.2, 0.25) is 10.0 Å². The van der Waals surface area contributed by atoms with E-state index in [2.05, 4.69) is 15.4 Å². The van der Waals surface area contributed by atoms with Crippen LogP contribution in [0.25, 0.3) is 0 Å². The number of sulfonamides is 1. The van der Waals surface area contributed by atoms with Crippen LogP contribution >= 0.6 is 0 Å². The highest BCUT2D eigenvalue weighted by atomic mass is 32.2. The van der Waals surface area contributed by atoms with Crippen LogP contribution in [0.3, 0.4) is 0 Å². The number of aromatic nitrogens is 3. The molecule has 0 atom stereocenters. The number of hydrogen-bond acceptors (Lipinski definition) is 6. The Morgan fingerprint density at radius 3 is 2.52 bits per heavy atom. The maximum absolute atomic E-state index is 12.5. The highest BCUT2D eigenvalue weighted by Gasteiger charge is 2.25. The zero-order valence-electron chi connectivity index (χ0n) is 12.8. The molecule has 1 saturated heterocycles. The number of rotatable bonds is 5. The van der Waals surface area contributed by atoms with Crippen LogP contribution in [0.1, 0.15) is 5.82 Å². The third-order valence-corrected chi connectivity index (χ3v) is 5.62. The minimum atomic E-state index is -3.43. The molecule has 0 saturated carbocycles. The van der Waals surface area contributed by atoms with E-state index in [-0.39, 0.29) is 11.5 Å². The van der Waals surface area contributed by atoms with Crippen molar-refractivity contribution in [3.63, 3.8) is 0 Å². The predicted molar refractivity (Wildman–Crippen MR) is 83.4 cm³/mol. The van der Waals surface area contributed by atoms with Crippen molar-refractivity contribution in [3.8, 4) is 5.75 Å². The Bertz CT molecular complexity index is 751. The topological polar surface area (TPSA) is 89.3 Å². The van der Waals surface area contributed by atoms with Gasteiger partial charge in [0.25, 0.3) is 0 Å². The number of hydrogen-bond donors (Lipinski definition) is 1. The van der Waals surface area contributed by atoms with E-state index in [9.17, 15) is 8.42 Å². The molecule has 0 aliphatic carbocycles. The second-order valence-corrected chi connectivity index (χ2v) is 7.15. The van der Waals surface area contributed by atoms with Gasteiger partial charge in [-0.15, -0.1) is 0 Å². The van der Waals surface area contributed by atoms with E-state index in [4.69, 9.17) is 4.74 Å². The van der Waals surface area contributed by atoms with Gasteiger partial charge < -0.3 is 10.1 Å². The Kier molecular flexibility index (Phi) is 4.60. The molecule has 0 bridgehead atoms. The first kappa shape index (κ1) is 15.9. The third-order valence-electron chi connectivity index (χ3n) is 3.71. The number of piperazine rings is 1. The van der Waals surface area contributed by atoms with E-state index >= 15 is 0 Å². The lowest BCUT2D eigenvalue weighted by molar-refractivity contribution is 0.289. The first-order chi connectivity index (χ1) is 11.1. The molecule has 1 aromatic carbocycles. The van der Waals surface area contributed by atoms with Crippen LogP contribution in [0.2, 0.25) is 0 Å². The second kappa shape index (κ2) is 6.65. The molecule has 8 nitrogen and oxygen atoms in total. The fourth-order valence-corrected chi connectivity index (χ4v) is 3.78. The molecule has 3 rings (SSSR count). The van der Waals surface area contributed by atoms with E-state index in [1.807, 2.05) is 0 Å². The van der Waals surface area contributed by atoms with E-state index in [0.29, 0.717) is 37.8 Å². The summed E-state index contributed by atoms with van der Waals surface area (Å²) >= 11 is 0. The van der Waals surface area contributed by atoms with Crippen molar-refractivity contribution in [1.82, 2.24) is 24.4 Å². The Labute approximate surface area is 135 Å².